The zero-order valence-corrected chi connectivity index (χ0v) is 18.9. The number of ether oxygens (including phenoxy) is 1. The molecule has 1 aromatic heterocycles. The number of para-hydroxylation sites is 1. The molecule has 1 atom stereocenters. The Morgan fingerprint density at radius 3 is 2.45 bits per heavy atom. The van der Waals surface area contributed by atoms with Gasteiger partial charge in [0.1, 0.15) is 5.75 Å². The van der Waals surface area contributed by atoms with Crippen LogP contribution in [0.2, 0.25) is 0 Å². The highest BCUT2D eigenvalue weighted by Gasteiger charge is 2.17. The Labute approximate surface area is 190 Å². The van der Waals surface area contributed by atoms with Gasteiger partial charge in [0.05, 0.1) is 23.4 Å². The Morgan fingerprint density at radius 2 is 1.71 bits per heavy atom. The van der Waals surface area contributed by atoms with Crippen molar-refractivity contribution < 1.29 is 9.53 Å². The van der Waals surface area contributed by atoms with Gasteiger partial charge in [-0.3, -0.25) is 4.79 Å². The molecule has 0 aliphatic carbocycles. The molecule has 0 saturated carbocycles. The Balaban J connectivity index is 1.34. The summed E-state index contributed by atoms with van der Waals surface area (Å²) in [5.74, 6) is 1.72. The maximum atomic E-state index is 12.7. The van der Waals surface area contributed by atoms with E-state index in [1.54, 1.807) is 30.2 Å². The number of rotatable bonds is 9. The lowest BCUT2D eigenvalue weighted by Gasteiger charge is -2.20. The maximum Gasteiger partial charge on any atom is 0.220 e. The van der Waals surface area contributed by atoms with Crippen molar-refractivity contribution in [1.29, 1.82) is 0 Å². The van der Waals surface area contributed by atoms with Gasteiger partial charge in [-0.1, -0.05) is 66.4 Å². The number of carbonyl (C=O) groups is 1. The van der Waals surface area contributed by atoms with Gasteiger partial charge in [0.25, 0.3) is 0 Å². The van der Waals surface area contributed by atoms with Crippen LogP contribution in [0, 0.1) is 0 Å². The van der Waals surface area contributed by atoms with Crippen LogP contribution in [0.4, 0.5) is 0 Å². The molecule has 0 radical (unpaired) electrons. The largest absolute Gasteiger partial charge is 0.497 e. The zero-order valence-electron chi connectivity index (χ0n) is 17.3. The predicted octanol–water partition coefficient (Wildman–Crippen LogP) is 6.08. The van der Waals surface area contributed by atoms with Crippen molar-refractivity contribution in [3.05, 3.63) is 90.0 Å². The van der Waals surface area contributed by atoms with Crippen molar-refractivity contribution in [2.24, 2.45) is 0 Å². The molecule has 158 valence electrons. The van der Waals surface area contributed by atoms with Gasteiger partial charge in [-0.2, -0.15) is 0 Å². The minimum atomic E-state index is -0.184. The number of fused-ring (bicyclic) bond motifs is 1. The maximum absolute atomic E-state index is 12.7. The van der Waals surface area contributed by atoms with E-state index in [4.69, 9.17) is 4.74 Å². The Bertz CT molecular complexity index is 1090. The summed E-state index contributed by atoms with van der Waals surface area (Å²) in [6, 6.07) is 25.9. The molecule has 0 bridgehead atoms. The van der Waals surface area contributed by atoms with Gasteiger partial charge in [-0.25, -0.2) is 4.98 Å². The van der Waals surface area contributed by atoms with Crippen molar-refractivity contribution in [3.63, 3.8) is 0 Å². The van der Waals surface area contributed by atoms with Gasteiger partial charge >= 0.3 is 0 Å². The van der Waals surface area contributed by atoms with Crippen LogP contribution < -0.4 is 10.1 Å². The van der Waals surface area contributed by atoms with Crippen LogP contribution in [0.1, 0.15) is 30.0 Å². The van der Waals surface area contributed by atoms with Gasteiger partial charge in [-0.15, -0.1) is 11.3 Å². The third-order valence-corrected chi connectivity index (χ3v) is 7.20. The number of benzene rings is 3. The second-order valence-corrected chi connectivity index (χ2v) is 9.46. The van der Waals surface area contributed by atoms with Crippen molar-refractivity contribution in [2.45, 2.75) is 23.2 Å². The summed E-state index contributed by atoms with van der Waals surface area (Å²) in [5, 5.41) is 3.21. The predicted molar refractivity (Wildman–Crippen MR) is 129 cm³/mol. The molecule has 0 fully saturated rings. The minimum Gasteiger partial charge on any atom is -0.497 e. The number of nitrogens with zero attached hydrogens (tertiary/aromatic N) is 1. The number of hydrogen-bond donors (Lipinski definition) is 1. The van der Waals surface area contributed by atoms with Crippen LogP contribution in [0.25, 0.3) is 10.2 Å². The number of amides is 1. The molecule has 1 N–H and O–H groups in total. The molecule has 4 aromatic rings. The monoisotopic (exact) mass is 448 g/mol. The van der Waals surface area contributed by atoms with Crippen molar-refractivity contribution in [2.75, 3.05) is 12.9 Å². The lowest BCUT2D eigenvalue weighted by Crippen LogP contribution is -2.29. The minimum absolute atomic E-state index is 0.0505. The summed E-state index contributed by atoms with van der Waals surface area (Å²) < 4.78 is 7.52. The van der Waals surface area contributed by atoms with E-state index in [0.29, 0.717) is 6.42 Å². The first-order valence-corrected chi connectivity index (χ1v) is 12.0. The number of hydrogen-bond acceptors (Lipinski definition) is 5. The highest BCUT2D eigenvalue weighted by atomic mass is 32.2. The second-order valence-electron chi connectivity index (χ2n) is 7.08. The standard InChI is InChI=1S/C25H24N2O2S2/c1-29-20-15-13-19(14-16-20)24(18-8-3-2-4-9-18)27-23(28)12-7-17-30-25-26-21-10-5-6-11-22(21)31-25/h2-6,8-11,13-16,24H,7,12,17H2,1H3,(H,27,28). The number of carbonyl (C=O) groups excluding carboxylic acids is 1. The molecule has 1 amide bonds. The normalized spacial score (nSPS) is 11.9. The molecular weight excluding hydrogens is 424 g/mol. The van der Waals surface area contributed by atoms with E-state index in [1.807, 2.05) is 72.8 Å². The second kappa shape index (κ2) is 10.5. The fourth-order valence-corrected chi connectivity index (χ4v) is 5.42. The average molecular weight is 449 g/mol. The molecule has 0 saturated heterocycles. The molecule has 0 aliphatic rings. The van der Waals surface area contributed by atoms with Gasteiger partial charge in [0.2, 0.25) is 5.91 Å². The quantitative estimate of drug-likeness (QED) is 0.249. The fourth-order valence-electron chi connectivity index (χ4n) is 3.34. The van der Waals surface area contributed by atoms with E-state index in [0.717, 1.165) is 38.9 Å². The van der Waals surface area contributed by atoms with Gasteiger partial charge in [0, 0.05) is 12.2 Å². The number of methoxy groups -OCH3 is 1. The van der Waals surface area contributed by atoms with E-state index in [1.165, 1.54) is 4.70 Å². The Morgan fingerprint density at radius 1 is 1.00 bits per heavy atom. The summed E-state index contributed by atoms with van der Waals surface area (Å²) in [4.78, 5) is 17.4. The molecule has 6 heteroatoms. The molecule has 31 heavy (non-hydrogen) atoms. The Kier molecular flexibility index (Phi) is 7.22. The summed E-state index contributed by atoms with van der Waals surface area (Å²) in [7, 11) is 1.65. The first-order valence-electron chi connectivity index (χ1n) is 10.2. The molecule has 3 aromatic carbocycles. The average Bonchev–Trinajstić information content (AvgIpc) is 3.24. The highest BCUT2D eigenvalue weighted by molar-refractivity contribution is 8.01. The third-order valence-electron chi connectivity index (χ3n) is 4.94. The molecule has 0 spiro atoms. The molecule has 1 unspecified atom stereocenters. The van der Waals surface area contributed by atoms with Crippen LogP contribution in [-0.4, -0.2) is 23.8 Å². The van der Waals surface area contributed by atoms with Gasteiger partial charge in [0.15, 0.2) is 4.34 Å². The lowest BCUT2D eigenvalue weighted by atomic mass is 9.98. The summed E-state index contributed by atoms with van der Waals surface area (Å²) in [5.41, 5.74) is 3.13. The summed E-state index contributed by atoms with van der Waals surface area (Å²) in [6.07, 6.45) is 1.29. The van der Waals surface area contributed by atoms with Crippen molar-refractivity contribution in [1.82, 2.24) is 10.3 Å². The SMILES string of the molecule is COc1ccc(C(NC(=O)CCCSc2nc3ccccc3s2)c2ccccc2)cc1. The first kappa shape index (κ1) is 21.4. The van der Waals surface area contributed by atoms with Crippen LogP contribution in [0.15, 0.2) is 83.2 Å². The highest BCUT2D eigenvalue weighted by Crippen LogP contribution is 2.30. The number of aromatic nitrogens is 1. The number of thiazole rings is 1. The van der Waals surface area contributed by atoms with Gasteiger partial charge in [-0.05, 0) is 41.8 Å². The van der Waals surface area contributed by atoms with Crippen LogP contribution in [0.3, 0.4) is 0 Å². The van der Waals surface area contributed by atoms with E-state index < -0.39 is 0 Å². The van der Waals surface area contributed by atoms with Gasteiger partial charge < -0.3 is 10.1 Å². The zero-order chi connectivity index (χ0) is 21.5. The topological polar surface area (TPSA) is 51.2 Å². The fraction of sp³-hybridized carbons (Fsp3) is 0.200. The molecule has 1 heterocycles. The molecule has 0 aliphatic heterocycles. The Hall–Kier alpha value is -2.83. The molecule has 4 rings (SSSR count). The van der Waals surface area contributed by atoms with Crippen LogP contribution >= 0.6 is 23.1 Å². The third kappa shape index (κ3) is 5.66. The van der Waals surface area contributed by atoms with Crippen molar-refractivity contribution >= 4 is 39.2 Å². The van der Waals surface area contributed by atoms with E-state index in [9.17, 15) is 4.79 Å². The van der Waals surface area contributed by atoms with E-state index >= 15 is 0 Å². The summed E-state index contributed by atoms with van der Waals surface area (Å²) >= 11 is 3.42. The number of thioether (sulfide) groups is 1. The smallest absolute Gasteiger partial charge is 0.220 e. The summed E-state index contributed by atoms with van der Waals surface area (Å²) in [6.45, 7) is 0. The first-order chi connectivity index (χ1) is 15.2. The van der Waals surface area contributed by atoms with Crippen molar-refractivity contribution in [3.8, 4) is 5.75 Å². The molecule has 4 nitrogen and oxygen atoms in total. The van der Waals surface area contributed by atoms with Crippen LogP contribution in [-0.2, 0) is 4.79 Å². The molecular formula is C25H24N2O2S2. The van der Waals surface area contributed by atoms with E-state index in [2.05, 4.69) is 16.4 Å². The number of nitrogens with one attached hydrogen (secondary N) is 1. The van der Waals surface area contributed by atoms with Crippen LogP contribution in [0.5, 0.6) is 5.75 Å². The lowest BCUT2D eigenvalue weighted by molar-refractivity contribution is -0.121. The van der Waals surface area contributed by atoms with E-state index in [-0.39, 0.29) is 11.9 Å².